The van der Waals surface area contributed by atoms with Crippen molar-refractivity contribution in [2.45, 2.75) is 6.54 Å². The van der Waals surface area contributed by atoms with E-state index in [1.54, 1.807) is 18.2 Å². The highest BCUT2D eigenvalue weighted by molar-refractivity contribution is 5.77. The van der Waals surface area contributed by atoms with Crippen LogP contribution in [0.25, 0.3) is 0 Å². The van der Waals surface area contributed by atoms with Crippen molar-refractivity contribution >= 4 is 11.6 Å². The number of benzene rings is 2. The molecule has 0 aliphatic carbocycles. The molecule has 0 fully saturated rings. The maximum atomic E-state index is 13.6. The van der Waals surface area contributed by atoms with Crippen LogP contribution in [0.3, 0.4) is 0 Å². The molecule has 0 radical (unpaired) electrons. The zero-order valence-corrected chi connectivity index (χ0v) is 13.8. The van der Waals surface area contributed by atoms with Gasteiger partial charge >= 0.3 is 5.69 Å². The number of halogens is 1. The van der Waals surface area contributed by atoms with E-state index in [1.807, 2.05) is 0 Å². The van der Waals surface area contributed by atoms with Gasteiger partial charge in [-0.05, 0) is 18.2 Å². The number of ether oxygens (including phenoxy) is 2. The van der Waals surface area contributed by atoms with E-state index >= 15 is 0 Å². The standard InChI is InChI=1S/C17H17FN2O5/c1-19(10-12-5-3-4-6-14(12)18)17(21)11-25-16-8-7-13(24-2)9-15(16)20(22)23/h3-9H,10-11H2,1-2H3. The van der Waals surface area contributed by atoms with Crippen LogP contribution in [0, 0.1) is 15.9 Å². The van der Waals surface area contributed by atoms with Gasteiger partial charge in [-0.15, -0.1) is 0 Å². The summed E-state index contributed by atoms with van der Waals surface area (Å²) in [6, 6.07) is 10.2. The van der Waals surface area contributed by atoms with E-state index in [9.17, 15) is 19.3 Å². The predicted molar refractivity (Wildman–Crippen MR) is 88.0 cm³/mol. The Bertz CT molecular complexity index is 781. The third-order valence-electron chi connectivity index (χ3n) is 3.51. The topological polar surface area (TPSA) is 81.9 Å². The van der Waals surface area contributed by atoms with Crippen molar-refractivity contribution in [2.24, 2.45) is 0 Å². The normalized spacial score (nSPS) is 10.2. The van der Waals surface area contributed by atoms with Crippen LogP contribution in [0.2, 0.25) is 0 Å². The number of carbonyl (C=O) groups is 1. The van der Waals surface area contributed by atoms with Gasteiger partial charge in [-0.2, -0.15) is 0 Å². The molecule has 0 saturated carbocycles. The van der Waals surface area contributed by atoms with Crippen molar-refractivity contribution in [2.75, 3.05) is 20.8 Å². The van der Waals surface area contributed by atoms with Crippen LogP contribution < -0.4 is 9.47 Å². The van der Waals surface area contributed by atoms with Gasteiger partial charge in [0.15, 0.2) is 12.4 Å². The average Bonchev–Trinajstić information content (AvgIpc) is 2.61. The van der Waals surface area contributed by atoms with Crippen molar-refractivity contribution in [3.63, 3.8) is 0 Å². The lowest BCUT2D eigenvalue weighted by Gasteiger charge is -2.18. The van der Waals surface area contributed by atoms with Crippen molar-refractivity contribution in [3.8, 4) is 11.5 Å². The minimum Gasteiger partial charge on any atom is -0.496 e. The van der Waals surface area contributed by atoms with E-state index in [0.717, 1.165) is 0 Å². The van der Waals surface area contributed by atoms with Crippen LogP contribution in [0.1, 0.15) is 5.56 Å². The summed E-state index contributed by atoms with van der Waals surface area (Å²) in [7, 11) is 2.89. The maximum Gasteiger partial charge on any atom is 0.314 e. The molecule has 2 aromatic carbocycles. The lowest BCUT2D eigenvalue weighted by atomic mass is 10.2. The summed E-state index contributed by atoms with van der Waals surface area (Å²) in [6.45, 7) is -0.336. The van der Waals surface area contributed by atoms with Gasteiger partial charge < -0.3 is 14.4 Å². The molecule has 0 N–H and O–H groups in total. The van der Waals surface area contributed by atoms with E-state index < -0.39 is 23.3 Å². The maximum absolute atomic E-state index is 13.6. The monoisotopic (exact) mass is 348 g/mol. The number of carbonyl (C=O) groups excluding carboxylic acids is 1. The molecule has 0 bridgehead atoms. The zero-order valence-electron chi connectivity index (χ0n) is 13.8. The summed E-state index contributed by atoms with van der Waals surface area (Å²) in [5.41, 5.74) is 0.0673. The van der Waals surface area contributed by atoms with Crippen LogP contribution in [-0.4, -0.2) is 36.5 Å². The van der Waals surface area contributed by atoms with E-state index in [1.165, 1.54) is 43.3 Å². The third-order valence-corrected chi connectivity index (χ3v) is 3.51. The first-order valence-corrected chi connectivity index (χ1v) is 7.35. The number of rotatable bonds is 7. The lowest BCUT2D eigenvalue weighted by Crippen LogP contribution is -2.31. The minimum atomic E-state index is -0.620. The minimum absolute atomic E-state index is 0.0431. The molecule has 25 heavy (non-hydrogen) atoms. The Balaban J connectivity index is 2.02. The second-order valence-electron chi connectivity index (χ2n) is 5.22. The number of hydrogen-bond acceptors (Lipinski definition) is 5. The number of nitrogens with zero attached hydrogens (tertiary/aromatic N) is 2. The number of likely N-dealkylation sites (N-methyl/N-ethyl adjacent to an activating group) is 1. The third kappa shape index (κ3) is 4.66. The van der Waals surface area contributed by atoms with Crippen LogP contribution in [0.5, 0.6) is 11.5 Å². The van der Waals surface area contributed by atoms with Crippen molar-refractivity contribution in [1.82, 2.24) is 4.90 Å². The molecule has 132 valence electrons. The first-order chi connectivity index (χ1) is 11.9. The molecule has 0 unspecified atom stereocenters. The van der Waals surface area contributed by atoms with Gasteiger partial charge in [-0.1, -0.05) is 18.2 Å². The highest BCUT2D eigenvalue weighted by Gasteiger charge is 2.19. The van der Waals surface area contributed by atoms with Gasteiger partial charge in [0.2, 0.25) is 0 Å². The molecule has 0 aliphatic heterocycles. The van der Waals surface area contributed by atoms with Crippen molar-refractivity contribution in [3.05, 3.63) is 64.0 Å². The van der Waals surface area contributed by atoms with Crippen molar-refractivity contribution < 1.29 is 23.6 Å². The molecule has 0 aliphatic rings. The lowest BCUT2D eigenvalue weighted by molar-refractivity contribution is -0.385. The average molecular weight is 348 g/mol. The molecule has 2 aromatic rings. The van der Waals surface area contributed by atoms with E-state index in [0.29, 0.717) is 11.3 Å². The van der Waals surface area contributed by atoms with E-state index in [-0.39, 0.29) is 18.0 Å². The van der Waals surface area contributed by atoms with Gasteiger partial charge in [-0.3, -0.25) is 14.9 Å². The van der Waals surface area contributed by atoms with Crippen LogP contribution in [-0.2, 0) is 11.3 Å². The first-order valence-electron chi connectivity index (χ1n) is 7.35. The Labute approximate surface area is 143 Å². The first kappa shape index (κ1) is 18.2. The van der Waals surface area contributed by atoms with E-state index in [2.05, 4.69) is 0 Å². The number of amides is 1. The van der Waals surface area contributed by atoms with Gasteiger partial charge in [0.1, 0.15) is 11.6 Å². The fraction of sp³-hybridized carbons (Fsp3) is 0.235. The second kappa shape index (κ2) is 8.09. The molecular weight excluding hydrogens is 331 g/mol. The van der Waals surface area contributed by atoms with Crippen molar-refractivity contribution in [1.29, 1.82) is 0 Å². The Hall–Kier alpha value is -3.16. The fourth-order valence-corrected chi connectivity index (χ4v) is 2.11. The van der Waals surface area contributed by atoms with Crippen LogP contribution in [0.4, 0.5) is 10.1 Å². The molecule has 0 saturated heterocycles. The summed E-state index contributed by atoms with van der Waals surface area (Å²) in [5.74, 6) is -0.581. The summed E-state index contributed by atoms with van der Waals surface area (Å²) >= 11 is 0. The molecule has 2 rings (SSSR count). The number of nitro benzene ring substituents is 1. The number of hydrogen-bond donors (Lipinski definition) is 0. The van der Waals surface area contributed by atoms with Gasteiger partial charge in [0, 0.05) is 19.2 Å². The Morgan fingerprint density at radius 1 is 1.28 bits per heavy atom. The molecule has 0 atom stereocenters. The highest BCUT2D eigenvalue weighted by Crippen LogP contribution is 2.31. The summed E-state index contributed by atoms with van der Waals surface area (Å²) in [4.78, 5) is 23.9. The molecule has 1 amide bonds. The SMILES string of the molecule is COc1ccc(OCC(=O)N(C)Cc2ccccc2F)c([N+](=O)[O-])c1. The molecular formula is C17H17FN2O5. The number of nitro groups is 1. The quantitative estimate of drug-likeness (QED) is 0.568. The Kier molecular flexibility index (Phi) is 5.89. The van der Waals surface area contributed by atoms with Crippen LogP contribution in [0.15, 0.2) is 42.5 Å². The highest BCUT2D eigenvalue weighted by atomic mass is 19.1. The Morgan fingerprint density at radius 3 is 2.64 bits per heavy atom. The fourth-order valence-electron chi connectivity index (χ4n) is 2.11. The van der Waals surface area contributed by atoms with Crippen LogP contribution >= 0.6 is 0 Å². The molecule has 0 heterocycles. The largest absolute Gasteiger partial charge is 0.496 e. The summed E-state index contributed by atoms with van der Waals surface area (Å²) < 4.78 is 23.8. The summed E-state index contributed by atoms with van der Waals surface area (Å²) in [6.07, 6.45) is 0. The zero-order chi connectivity index (χ0) is 18.4. The molecule has 0 aromatic heterocycles. The van der Waals surface area contributed by atoms with Gasteiger partial charge in [0.05, 0.1) is 18.1 Å². The number of methoxy groups -OCH3 is 1. The summed E-state index contributed by atoms with van der Waals surface area (Å²) in [5, 5.41) is 11.1. The predicted octanol–water partition coefficient (Wildman–Crippen LogP) is 2.78. The molecule has 8 heteroatoms. The smallest absolute Gasteiger partial charge is 0.314 e. The Morgan fingerprint density at radius 2 is 2.00 bits per heavy atom. The molecule has 0 spiro atoms. The van der Waals surface area contributed by atoms with Gasteiger partial charge in [-0.25, -0.2) is 4.39 Å². The van der Waals surface area contributed by atoms with E-state index in [4.69, 9.17) is 9.47 Å². The van der Waals surface area contributed by atoms with Gasteiger partial charge in [0.25, 0.3) is 5.91 Å². The molecule has 7 nitrogen and oxygen atoms in total. The second-order valence-corrected chi connectivity index (χ2v) is 5.22.